The van der Waals surface area contributed by atoms with Crippen LogP contribution in [0.25, 0.3) is 0 Å². The van der Waals surface area contributed by atoms with Crippen LogP contribution in [0.1, 0.15) is 4.88 Å². The number of nitrogens with one attached hydrogen (secondary N) is 1. The zero-order valence-corrected chi connectivity index (χ0v) is 15.1. The smallest absolute Gasteiger partial charge is 0.258 e. The molecule has 9 heteroatoms. The maximum Gasteiger partial charge on any atom is 0.258 e. The number of ether oxygens (including phenoxy) is 1. The Bertz CT molecular complexity index is 757. The summed E-state index contributed by atoms with van der Waals surface area (Å²) in [4.78, 5) is 12.4. The molecule has 0 saturated carbocycles. The number of hydrogen-bond donors (Lipinski definition) is 2. The van der Waals surface area contributed by atoms with E-state index in [1.165, 1.54) is 6.07 Å². The molecule has 118 valence electrons. The second kappa shape index (κ2) is 7.40. The van der Waals surface area contributed by atoms with Crippen LogP contribution >= 0.6 is 33.9 Å². The highest BCUT2D eigenvalue weighted by molar-refractivity contribution is 14.1. The Morgan fingerprint density at radius 3 is 2.50 bits per heavy atom. The summed E-state index contributed by atoms with van der Waals surface area (Å²) >= 11 is 3.21. The number of carbonyl (C=O) groups excluding carboxylic acids is 1. The van der Waals surface area contributed by atoms with E-state index in [9.17, 15) is 13.2 Å². The van der Waals surface area contributed by atoms with Crippen LogP contribution in [-0.2, 0) is 21.4 Å². The van der Waals surface area contributed by atoms with Gasteiger partial charge in [0, 0.05) is 8.45 Å². The first-order chi connectivity index (χ1) is 10.3. The van der Waals surface area contributed by atoms with Crippen molar-refractivity contribution >= 4 is 49.9 Å². The van der Waals surface area contributed by atoms with Crippen molar-refractivity contribution in [2.24, 2.45) is 5.14 Å². The lowest BCUT2D eigenvalue weighted by Gasteiger charge is -2.06. The molecular weight excluding hydrogens is 439 g/mol. The lowest BCUT2D eigenvalue weighted by molar-refractivity contribution is -0.123. The summed E-state index contributed by atoms with van der Waals surface area (Å²) in [5.74, 6) is 0.326. The molecule has 0 aliphatic carbocycles. The molecule has 2 rings (SSSR count). The van der Waals surface area contributed by atoms with Gasteiger partial charge in [-0.1, -0.05) is 0 Å². The molecule has 22 heavy (non-hydrogen) atoms. The molecule has 0 unspecified atom stereocenters. The second-order valence-electron chi connectivity index (χ2n) is 4.29. The van der Waals surface area contributed by atoms with Crippen LogP contribution in [-0.4, -0.2) is 20.9 Å². The molecule has 1 heterocycles. The summed E-state index contributed by atoms with van der Waals surface area (Å²) in [5.41, 5.74) is 0. The van der Waals surface area contributed by atoms with Gasteiger partial charge in [-0.05, 0) is 59.0 Å². The Labute approximate surface area is 145 Å². The van der Waals surface area contributed by atoms with E-state index in [1.54, 1.807) is 18.2 Å². The van der Waals surface area contributed by atoms with Crippen LogP contribution in [0.5, 0.6) is 5.75 Å². The fourth-order valence-corrected chi connectivity index (χ4v) is 3.60. The summed E-state index contributed by atoms with van der Waals surface area (Å²) in [7, 11) is -3.69. The second-order valence-corrected chi connectivity index (χ2v) is 8.49. The van der Waals surface area contributed by atoms with Crippen molar-refractivity contribution < 1.29 is 17.9 Å². The van der Waals surface area contributed by atoms with E-state index in [-0.39, 0.29) is 23.3 Å². The Morgan fingerprint density at radius 1 is 1.23 bits per heavy atom. The van der Waals surface area contributed by atoms with E-state index in [0.717, 1.165) is 14.9 Å². The number of nitrogens with two attached hydrogens (primary N) is 1. The van der Waals surface area contributed by atoms with Crippen LogP contribution in [0.15, 0.2) is 40.6 Å². The number of primary sulfonamides is 1. The molecule has 1 aromatic carbocycles. The van der Waals surface area contributed by atoms with E-state index in [1.807, 2.05) is 12.1 Å². The van der Waals surface area contributed by atoms with E-state index in [0.29, 0.717) is 10.6 Å². The molecule has 0 spiro atoms. The normalized spacial score (nSPS) is 11.2. The zero-order valence-electron chi connectivity index (χ0n) is 11.3. The Hall–Kier alpha value is -1.17. The van der Waals surface area contributed by atoms with Crippen molar-refractivity contribution in [3.05, 3.63) is 44.8 Å². The van der Waals surface area contributed by atoms with Gasteiger partial charge in [-0.3, -0.25) is 4.79 Å². The van der Waals surface area contributed by atoms with E-state index >= 15 is 0 Å². The minimum absolute atomic E-state index is 0.0758. The molecule has 3 N–H and O–H groups in total. The van der Waals surface area contributed by atoms with Crippen LogP contribution < -0.4 is 15.2 Å². The molecule has 0 radical (unpaired) electrons. The van der Waals surface area contributed by atoms with Gasteiger partial charge in [0.1, 0.15) is 9.96 Å². The lowest BCUT2D eigenvalue weighted by Crippen LogP contribution is -2.28. The third-order valence-corrected chi connectivity index (χ3v) is 5.80. The first-order valence-corrected chi connectivity index (χ1v) is 9.55. The minimum Gasteiger partial charge on any atom is -0.484 e. The number of hydrogen-bond acceptors (Lipinski definition) is 5. The average molecular weight is 452 g/mol. The molecule has 1 aromatic heterocycles. The molecule has 0 atom stereocenters. The highest BCUT2D eigenvalue weighted by Gasteiger charge is 2.11. The number of halogens is 1. The van der Waals surface area contributed by atoms with Crippen molar-refractivity contribution in [1.82, 2.24) is 5.32 Å². The van der Waals surface area contributed by atoms with Gasteiger partial charge in [-0.15, -0.1) is 11.3 Å². The van der Waals surface area contributed by atoms with Crippen LogP contribution in [0, 0.1) is 3.57 Å². The largest absolute Gasteiger partial charge is 0.484 e. The lowest BCUT2D eigenvalue weighted by atomic mass is 10.3. The third kappa shape index (κ3) is 5.23. The van der Waals surface area contributed by atoms with Crippen LogP contribution in [0.2, 0.25) is 0 Å². The van der Waals surface area contributed by atoms with Crippen molar-refractivity contribution in [3.8, 4) is 5.75 Å². The van der Waals surface area contributed by atoms with E-state index < -0.39 is 10.0 Å². The number of rotatable bonds is 6. The Kier molecular flexibility index (Phi) is 5.78. The zero-order chi connectivity index (χ0) is 16.2. The predicted molar refractivity (Wildman–Crippen MR) is 92.2 cm³/mol. The first kappa shape index (κ1) is 17.2. The Morgan fingerprint density at radius 2 is 1.91 bits per heavy atom. The van der Waals surface area contributed by atoms with Gasteiger partial charge in [-0.2, -0.15) is 0 Å². The summed E-state index contributed by atoms with van der Waals surface area (Å²) in [6.45, 7) is 0.128. The summed E-state index contributed by atoms with van der Waals surface area (Å²) in [6.07, 6.45) is 0. The maximum absolute atomic E-state index is 11.7. The van der Waals surface area contributed by atoms with E-state index in [2.05, 4.69) is 27.9 Å². The van der Waals surface area contributed by atoms with Gasteiger partial charge in [-0.25, -0.2) is 13.6 Å². The minimum atomic E-state index is -3.69. The topological polar surface area (TPSA) is 98.5 Å². The SMILES string of the molecule is NS(=O)(=O)c1ccc(CNC(=O)COc2ccc(I)cc2)s1. The van der Waals surface area contributed by atoms with Crippen molar-refractivity contribution in [1.29, 1.82) is 0 Å². The molecule has 1 amide bonds. The molecule has 0 saturated heterocycles. The van der Waals surface area contributed by atoms with Crippen LogP contribution in [0.4, 0.5) is 0 Å². The highest BCUT2D eigenvalue weighted by Crippen LogP contribution is 2.20. The molecule has 2 aromatic rings. The number of thiophene rings is 1. The third-order valence-electron chi connectivity index (χ3n) is 2.56. The fraction of sp³-hybridized carbons (Fsp3) is 0.154. The molecule has 0 bridgehead atoms. The number of benzene rings is 1. The average Bonchev–Trinajstić information content (AvgIpc) is 2.93. The van der Waals surface area contributed by atoms with Gasteiger partial charge in [0.05, 0.1) is 6.54 Å². The van der Waals surface area contributed by atoms with Gasteiger partial charge in [0.25, 0.3) is 5.91 Å². The standard InChI is InChI=1S/C13H13IN2O4S2/c14-9-1-3-10(4-2-9)20-8-12(17)16-7-11-5-6-13(21-11)22(15,18)19/h1-6H,7-8H2,(H,16,17)(H2,15,18,19). The van der Waals surface area contributed by atoms with Crippen LogP contribution in [0.3, 0.4) is 0 Å². The highest BCUT2D eigenvalue weighted by atomic mass is 127. The van der Waals surface area contributed by atoms with Gasteiger partial charge >= 0.3 is 0 Å². The van der Waals surface area contributed by atoms with E-state index in [4.69, 9.17) is 9.88 Å². The monoisotopic (exact) mass is 452 g/mol. The predicted octanol–water partition coefficient (Wildman–Crippen LogP) is 1.70. The summed E-state index contributed by atoms with van der Waals surface area (Å²) in [5, 5.41) is 7.68. The fourth-order valence-electron chi connectivity index (χ4n) is 1.52. The first-order valence-electron chi connectivity index (χ1n) is 6.11. The number of amides is 1. The van der Waals surface area contributed by atoms with Crippen molar-refractivity contribution in [3.63, 3.8) is 0 Å². The molecule has 0 fully saturated rings. The van der Waals surface area contributed by atoms with Gasteiger partial charge in [0.2, 0.25) is 10.0 Å². The maximum atomic E-state index is 11.7. The molecular formula is C13H13IN2O4S2. The number of carbonyl (C=O) groups is 1. The van der Waals surface area contributed by atoms with Crippen molar-refractivity contribution in [2.45, 2.75) is 10.8 Å². The molecule has 0 aliphatic heterocycles. The number of sulfonamides is 1. The Balaban J connectivity index is 1.80. The van der Waals surface area contributed by atoms with Crippen molar-refractivity contribution in [2.75, 3.05) is 6.61 Å². The quantitative estimate of drug-likeness (QED) is 0.652. The van der Waals surface area contributed by atoms with Gasteiger partial charge in [0.15, 0.2) is 6.61 Å². The molecule has 6 nitrogen and oxygen atoms in total. The summed E-state index contributed by atoms with van der Waals surface area (Å²) in [6, 6.07) is 10.4. The molecule has 0 aliphatic rings. The summed E-state index contributed by atoms with van der Waals surface area (Å²) < 4.78 is 28.8. The van der Waals surface area contributed by atoms with Gasteiger partial charge < -0.3 is 10.1 Å².